The fourth-order valence-corrected chi connectivity index (χ4v) is 2.81. The average Bonchev–Trinajstić information content (AvgIpc) is 2.65. The van der Waals surface area contributed by atoms with Gasteiger partial charge >= 0.3 is 0 Å². The van der Waals surface area contributed by atoms with Crippen molar-refractivity contribution in [3.05, 3.63) is 93.0 Å². The minimum Gasteiger partial charge on any atom is -0.322 e. The molecule has 26 heavy (non-hydrogen) atoms. The molecule has 0 atom stereocenters. The van der Waals surface area contributed by atoms with Gasteiger partial charge < -0.3 is 5.32 Å². The summed E-state index contributed by atoms with van der Waals surface area (Å²) in [6.45, 7) is 1.68. The summed E-state index contributed by atoms with van der Waals surface area (Å²) in [4.78, 5) is 22.8. The second kappa shape index (κ2) is 7.37. The van der Waals surface area contributed by atoms with Crippen LogP contribution in [0.15, 0.2) is 66.7 Å². The topological polar surface area (TPSA) is 72.2 Å². The number of rotatable bonds is 4. The molecule has 0 aliphatic rings. The minimum atomic E-state index is -0.552. The van der Waals surface area contributed by atoms with E-state index in [2.05, 4.69) is 5.32 Å². The fraction of sp³-hybridized carbons (Fsp3) is 0.0500. The highest BCUT2D eigenvalue weighted by molar-refractivity contribution is 6.33. The number of aryl methyl sites for hydroxylation is 1. The van der Waals surface area contributed by atoms with Crippen LogP contribution < -0.4 is 5.32 Å². The second-order valence-corrected chi connectivity index (χ2v) is 6.18. The van der Waals surface area contributed by atoms with E-state index < -0.39 is 4.92 Å². The number of halogens is 1. The number of nitro groups is 1. The van der Waals surface area contributed by atoms with Crippen LogP contribution in [0.5, 0.6) is 0 Å². The number of hydrogen-bond donors (Lipinski definition) is 1. The fourth-order valence-electron chi connectivity index (χ4n) is 2.58. The van der Waals surface area contributed by atoms with Crippen LogP contribution in [0.4, 0.5) is 11.4 Å². The van der Waals surface area contributed by atoms with Crippen molar-refractivity contribution in [3.63, 3.8) is 0 Å². The molecule has 0 aliphatic heterocycles. The third-order valence-electron chi connectivity index (χ3n) is 3.99. The normalized spacial score (nSPS) is 10.4. The molecule has 3 rings (SSSR count). The third-order valence-corrected chi connectivity index (χ3v) is 4.30. The number of benzene rings is 3. The van der Waals surface area contributed by atoms with E-state index in [-0.39, 0.29) is 16.6 Å². The molecule has 0 bridgehead atoms. The predicted molar refractivity (Wildman–Crippen MR) is 103 cm³/mol. The van der Waals surface area contributed by atoms with E-state index in [9.17, 15) is 14.9 Å². The Hall–Kier alpha value is -3.18. The first-order valence-electron chi connectivity index (χ1n) is 7.87. The predicted octanol–water partition coefficient (Wildman–Crippen LogP) is 5.48. The van der Waals surface area contributed by atoms with Crippen LogP contribution in [-0.2, 0) is 0 Å². The molecule has 1 amide bonds. The van der Waals surface area contributed by atoms with Crippen molar-refractivity contribution < 1.29 is 9.72 Å². The molecular weight excluding hydrogens is 352 g/mol. The zero-order valence-electron chi connectivity index (χ0n) is 13.9. The molecule has 0 aliphatic carbocycles. The van der Waals surface area contributed by atoms with E-state index in [0.29, 0.717) is 16.8 Å². The molecule has 0 saturated heterocycles. The summed E-state index contributed by atoms with van der Waals surface area (Å²) in [5, 5.41) is 13.6. The number of carbonyl (C=O) groups is 1. The third kappa shape index (κ3) is 3.73. The summed E-state index contributed by atoms with van der Waals surface area (Å²) in [5.41, 5.74) is 3.38. The van der Waals surface area contributed by atoms with Gasteiger partial charge in [-0.25, -0.2) is 0 Å². The molecular formula is C20H15ClN2O3. The summed E-state index contributed by atoms with van der Waals surface area (Å²) in [7, 11) is 0. The lowest BCUT2D eigenvalue weighted by Crippen LogP contribution is -2.13. The Morgan fingerprint density at radius 1 is 1.00 bits per heavy atom. The minimum absolute atomic E-state index is 0.0182. The number of nitro benzene ring substituents is 1. The number of hydrogen-bond acceptors (Lipinski definition) is 3. The first-order valence-corrected chi connectivity index (χ1v) is 8.25. The van der Waals surface area contributed by atoms with Gasteiger partial charge in [-0.15, -0.1) is 0 Å². The molecule has 6 heteroatoms. The van der Waals surface area contributed by atoms with Gasteiger partial charge in [-0.05, 0) is 41.8 Å². The van der Waals surface area contributed by atoms with Gasteiger partial charge in [0.05, 0.1) is 4.92 Å². The number of carbonyl (C=O) groups excluding carboxylic acids is 1. The summed E-state index contributed by atoms with van der Waals surface area (Å²) in [6, 6.07) is 19.8. The van der Waals surface area contributed by atoms with E-state index in [1.54, 1.807) is 19.1 Å². The summed E-state index contributed by atoms with van der Waals surface area (Å²) in [5.74, 6) is -0.308. The van der Waals surface area contributed by atoms with Gasteiger partial charge in [0.15, 0.2) is 0 Å². The Labute approximate surface area is 155 Å². The number of amides is 1. The van der Waals surface area contributed by atoms with Crippen molar-refractivity contribution >= 4 is 28.9 Å². The first kappa shape index (κ1) is 17.6. The lowest BCUT2D eigenvalue weighted by molar-refractivity contribution is -0.384. The summed E-state index contributed by atoms with van der Waals surface area (Å²) in [6.07, 6.45) is 0. The van der Waals surface area contributed by atoms with E-state index in [4.69, 9.17) is 11.6 Å². The highest BCUT2D eigenvalue weighted by atomic mass is 35.5. The van der Waals surface area contributed by atoms with Gasteiger partial charge in [-0.3, -0.25) is 14.9 Å². The number of nitrogens with one attached hydrogen (secondary N) is 1. The standard InChI is InChI=1S/C20H15ClN2O3/c1-13-11-19(23(25)26)17(21)12-18(13)22-20(24)16-9-7-15(8-10-16)14-5-3-2-4-6-14/h2-12H,1H3,(H,22,24). The molecule has 0 fully saturated rings. The molecule has 3 aromatic rings. The monoisotopic (exact) mass is 366 g/mol. The highest BCUT2D eigenvalue weighted by Crippen LogP contribution is 2.31. The summed E-state index contributed by atoms with van der Waals surface area (Å²) >= 11 is 5.92. The molecule has 0 spiro atoms. The molecule has 0 aromatic heterocycles. The van der Waals surface area contributed by atoms with Crippen molar-refractivity contribution in [2.45, 2.75) is 6.92 Å². The first-order chi connectivity index (χ1) is 12.5. The van der Waals surface area contributed by atoms with Gasteiger partial charge in [-0.1, -0.05) is 54.1 Å². The van der Waals surface area contributed by atoms with Gasteiger partial charge in [0.1, 0.15) is 5.02 Å². The quantitative estimate of drug-likeness (QED) is 0.491. The molecule has 0 unspecified atom stereocenters. The van der Waals surface area contributed by atoms with Crippen LogP contribution in [-0.4, -0.2) is 10.8 Å². The van der Waals surface area contributed by atoms with Gasteiger partial charge in [0, 0.05) is 17.3 Å². The maximum atomic E-state index is 12.5. The zero-order chi connectivity index (χ0) is 18.7. The zero-order valence-corrected chi connectivity index (χ0v) is 14.7. The average molecular weight is 367 g/mol. The highest BCUT2D eigenvalue weighted by Gasteiger charge is 2.16. The van der Waals surface area contributed by atoms with Crippen LogP contribution in [0.3, 0.4) is 0 Å². The van der Waals surface area contributed by atoms with Crippen LogP contribution in [0.1, 0.15) is 15.9 Å². The smallest absolute Gasteiger partial charge is 0.288 e. The van der Waals surface area contributed by atoms with Crippen molar-refractivity contribution in [2.75, 3.05) is 5.32 Å². The number of nitrogens with zero attached hydrogens (tertiary/aromatic N) is 1. The van der Waals surface area contributed by atoms with Gasteiger partial charge in [-0.2, -0.15) is 0 Å². The molecule has 0 saturated carbocycles. The summed E-state index contributed by atoms with van der Waals surface area (Å²) < 4.78 is 0. The van der Waals surface area contributed by atoms with Crippen molar-refractivity contribution in [1.82, 2.24) is 0 Å². The Morgan fingerprint density at radius 2 is 1.62 bits per heavy atom. The second-order valence-electron chi connectivity index (χ2n) is 5.77. The molecule has 5 nitrogen and oxygen atoms in total. The van der Waals surface area contributed by atoms with Crippen molar-refractivity contribution in [1.29, 1.82) is 0 Å². The molecule has 3 aromatic carbocycles. The molecule has 0 radical (unpaired) electrons. The lowest BCUT2D eigenvalue weighted by atomic mass is 10.0. The molecule has 130 valence electrons. The van der Waals surface area contributed by atoms with Crippen LogP contribution in [0.2, 0.25) is 5.02 Å². The van der Waals surface area contributed by atoms with E-state index in [1.807, 2.05) is 42.5 Å². The van der Waals surface area contributed by atoms with Gasteiger partial charge in [0.25, 0.3) is 11.6 Å². The van der Waals surface area contributed by atoms with E-state index in [0.717, 1.165) is 11.1 Å². The Bertz CT molecular complexity index is 970. The Balaban J connectivity index is 1.80. The molecule has 0 heterocycles. The van der Waals surface area contributed by atoms with Crippen LogP contribution in [0, 0.1) is 17.0 Å². The van der Waals surface area contributed by atoms with Crippen LogP contribution >= 0.6 is 11.6 Å². The van der Waals surface area contributed by atoms with E-state index in [1.165, 1.54) is 12.1 Å². The van der Waals surface area contributed by atoms with E-state index >= 15 is 0 Å². The van der Waals surface area contributed by atoms with Crippen molar-refractivity contribution in [2.24, 2.45) is 0 Å². The van der Waals surface area contributed by atoms with Crippen molar-refractivity contribution in [3.8, 4) is 11.1 Å². The molecule has 1 N–H and O–H groups in total. The Morgan fingerprint density at radius 3 is 2.23 bits per heavy atom. The number of anilines is 1. The Kier molecular flexibility index (Phi) is 5.00. The SMILES string of the molecule is Cc1cc([N+](=O)[O-])c(Cl)cc1NC(=O)c1ccc(-c2ccccc2)cc1. The largest absolute Gasteiger partial charge is 0.322 e. The maximum absolute atomic E-state index is 12.5. The lowest BCUT2D eigenvalue weighted by Gasteiger charge is -2.10. The van der Waals surface area contributed by atoms with Gasteiger partial charge in [0.2, 0.25) is 0 Å². The maximum Gasteiger partial charge on any atom is 0.288 e. The van der Waals surface area contributed by atoms with Crippen LogP contribution in [0.25, 0.3) is 11.1 Å².